The number of nitrogens with zero attached hydrogens (tertiary/aromatic N) is 2. The van der Waals surface area contributed by atoms with Crippen molar-refractivity contribution in [3.63, 3.8) is 0 Å². The first-order valence-corrected chi connectivity index (χ1v) is 9.05. The van der Waals surface area contributed by atoms with Gasteiger partial charge < -0.3 is 14.6 Å². The third-order valence-electron chi connectivity index (χ3n) is 4.68. The molecule has 7 nitrogen and oxygen atoms in total. The molecule has 0 saturated carbocycles. The molecule has 1 heterocycles. The molecular formula is C21H23N3O4. The van der Waals surface area contributed by atoms with Crippen LogP contribution in [0.3, 0.4) is 0 Å². The average Bonchev–Trinajstić information content (AvgIpc) is 2.98. The van der Waals surface area contributed by atoms with Crippen LogP contribution in [0.4, 0.5) is 5.69 Å². The van der Waals surface area contributed by atoms with Crippen LogP contribution in [-0.4, -0.2) is 34.9 Å². The molecule has 3 aromatic rings. The molecule has 0 atom stereocenters. The van der Waals surface area contributed by atoms with E-state index in [1.54, 1.807) is 31.3 Å². The fourth-order valence-corrected chi connectivity index (χ4v) is 3.12. The van der Waals surface area contributed by atoms with Crippen molar-refractivity contribution >= 4 is 28.6 Å². The lowest BCUT2D eigenvalue weighted by Gasteiger charge is -2.18. The summed E-state index contributed by atoms with van der Waals surface area (Å²) in [7, 11) is 1.57. The van der Waals surface area contributed by atoms with Gasteiger partial charge in [-0.05, 0) is 37.1 Å². The number of fused-ring (bicyclic) bond motifs is 1. The predicted molar refractivity (Wildman–Crippen MR) is 107 cm³/mol. The first kappa shape index (κ1) is 19.4. The molecule has 0 fully saturated rings. The minimum Gasteiger partial charge on any atom is -0.408 e. The monoisotopic (exact) mass is 381 g/mol. The minimum absolute atomic E-state index is 0.0619. The highest BCUT2D eigenvalue weighted by atomic mass is 16.4. The molecular weight excluding hydrogens is 358 g/mol. The number of carbonyl (C=O) groups is 2. The standard InChI is InChI=1S/C21H23N3O4/c1-14-7-6-8-15(2)20(14)22-18(25)13-23(3)19(26)11-12-24-16-9-4-5-10-17(16)28-21(24)27/h4-10H,11-13H2,1-3H3,(H,22,25). The number of amides is 2. The van der Waals surface area contributed by atoms with Gasteiger partial charge in [0.15, 0.2) is 5.58 Å². The Labute approximate surface area is 162 Å². The highest BCUT2D eigenvalue weighted by Gasteiger charge is 2.16. The largest absolute Gasteiger partial charge is 0.419 e. The van der Waals surface area contributed by atoms with Gasteiger partial charge in [0, 0.05) is 25.7 Å². The summed E-state index contributed by atoms with van der Waals surface area (Å²) in [5, 5.41) is 2.86. The van der Waals surface area contributed by atoms with Crippen molar-refractivity contribution < 1.29 is 14.0 Å². The van der Waals surface area contributed by atoms with Crippen LogP contribution in [0, 0.1) is 13.8 Å². The van der Waals surface area contributed by atoms with Gasteiger partial charge >= 0.3 is 5.76 Å². The zero-order chi connectivity index (χ0) is 20.3. The van der Waals surface area contributed by atoms with Crippen LogP contribution in [-0.2, 0) is 16.1 Å². The Hall–Kier alpha value is -3.35. The molecule has 3 rings (SSSR count). The van der Waals surface area contributed by atoms with E-state index in [0.29, 0.717) is 11.1 Å². The number of para-hydroxylation sites is 3. The predicted octanol–water partition coefficient (Wildman–Crippen LogP) is 2.70. The number of carbonyl (C=O) groups excluding carboxylic acids is 2. The maximum Gasteiger partial charge on any atom is 0.419 e. The van der Waals surface area contributed by atoms with E-state index in [1.807, 2.05) is 32.0 Å². The number of hydrogen-bond acceptors (Lipinski definition) is 4. The highest BCUT2D eigenvalue weighted by Crippen LogP contribution is 2.19. The Morgan fingerprint density at radius 2 is 1.75 bits per heavy atom. The molecule has 0 saturated heterocycles. The molecule has 0 radical (unpaired) electrons. The molecule has 0 bridgehead atoms. The van der Waals surface area contributed by atoms with Gasteiger partial charge in [0.25, 0.3) is 0 Å². The summed E-state index contributed by atoms with van der Waals surface area (Å²) in [6.45, 7) is 3.97. The van der Waals surface area contributed by atoms with E-state index in [1.165, 1.54) is 9.47 Å². The van der Waals surface area contributed by atoms with Crippen molar-refractivity contribution in [2.24, 2.45) is 0 Å². The van der Waals surface area contributed by atoms with Crippen molar-refractivity contribution in [3.8, 4) is 0 Å². The number of aryl methyl sites for hydroxylation is 3. The fourth-order valence-electron chi connectivity index (χ4n) is 3.12. The van der Waals surface area contributed by atoms with Crippen molar-refractivity contribution in [1.82, 2.24) is 9.47 Å². The number of anilines is 1. The molecule has 1 N–H and O–H groups in total. The molecule has 1 aromatic heterocycles. The SMILES string of the molecule is Cc1cccc(C)c1NC(=O)CN(C)C(=O)CCn1c(=O)oc2ccccc21. The number of rotatable bonds is 6. The van der Waals surface area contributed by atoms with Gasteiger partial charge in [-0.2, -0.15) is 0 Å². The molecule has 0 aliphatic carbocycles. The Morgan fingerprint density at radius 3 is 2.46 bits per heavy atom. The summed E-state index contributed by atoms with van der Waals surface area (Å²) in [6.07, 6.45) is 0.0939. The van der Waals surface area contributed by atoms with Crippen molar-refractivity contribution in [1.29, 1.82) is 0 Å². The number of nitrogens with one attached hydrogen (secondary N) is 1. The summed E-state index contributed by atoms with van der Waals surface area (Å²) in [5.41, 5.74) is 3.84. The average molecular weight is 381 g/mol. The Bertz CT molecular complexity index is 1060. The Kier molecular flexibility index (Phi) is 5.63. The van der Waals surface area contributed by atoms with Gasteiger partial charge in [0.2, 0.25) is 11.8 Å². The molecule has 2 aromatic carbocycles. The first-order valence-electron chi connectivity index (χ1n) is 9.05. The smallest absolute Gasteiger partial charge is 0.408 e. The molecule has 2 amide bonds. The topological polar surface area (TPSA) is 84.5 Å². The fraction of sp³-hybridized carbons (Fsp3) is 0.286. The second-order valence-corrected chi connectivity index (χ2v) is 6.80. The van der Waals surface area contributed by atoms with E-state index in [9.17, 15) is 14.4 Å². The number of hydrogen-bond donors (Lipinski definition) is 1. The number of aromatic nitrogens is 1. The zero-order valence-electron chi connectivity index (χ0n) is 16.2. The van der Waals surface area contributed by atoms with E-state index in [4.69, 9.17) is 4.42 Å². The van der Waals surface area contributed by atoms with Crippen molar-refractivity contribution in [3.05, 3.63) is 64.1 Å². The van der Waals surface area contributed by atoms with Gasteiger partial charge in [-0.3, -0.25) is 14.2 Å². The molecule has 0 unspecified atom stereocenters. The number of likely N-dealkylation sites (N-methyl/N-ethyl adjacent to an activating group) is 1. The normalized spacial score (nSPS) is 10.8. The first-order chi connectivity index (χ1) is 13.4. The van der Waals surface area contributed by atoms with Crippen LogP contribution in [0.5, 0.6) is 0 Å². The maximum atomic E-state index is 12.4. The van der Waals surface area contributed by atoms with Gasteiger partial charge in [0.1, 0.15) is 0 Å². The van der Waals surface area contributed by atoms with Crippen LogP contribution in [0.2, 0.25) is 0 Å². The summed E-state index contributed by atoms with van der Waals surface area (Å²) in [4.78, 5) is 38.1. The van der Waals surface area contributed by atoms with E-state index < -0.39 is 5.76 Å². The zero-order valence-corrected chi connectivity index (χ0v) is 16.2. The summed E-state index contributed by atoms with van der Waals surface area (Å²) in [5.74, 6) is -0.988. The van der Waals surface area contributed by atoms with Gasteiger partial charge in [0.05, 0.1) is 12.1 Å². The third-order valence-corrected chi connectivity index (χ3v) is 4.68. The van der Waals surface area contributed by atoms with Gasteiger partial charge in [-0.1, -0.05) is 30.3 Å². The molecule has 0 spiro atoms. The molecule has 0 aliphatic heterocycles. The number of oxazole rings is 1. The lowest BCUT2D eigenvalue weighted by molar-refractivity contribution is -0.133. The van der Waals surface area contributed by atoms with Crippen LogP contribution in [0.1, 0.15) is 17.5 Å². The highest BCUT2D eigenvalue weighted by molar-refractivity contribution is 5.95. The molecule has 7 heteroatoms. The summed E-state index contributed by atoms with van der Waals surface area (Å²) < 4.78 is 6.59. The second-order valence-electron chi connectivity index (χ2n) is 6.80. The van der Waals surface area contributed by atoms with E-state index in [2.05, 4.69) is 5.32 Å². The molecule has 146 valence electrons. The van der Waals surface area contributed by atoms with Crippen LogP contribution in [0.15, 0.2) is 51.7 Å². The van der Waals surface area contributed by atoms with Gasteiger partial charge in [-0.25, -0.2) is 4.79 Å². The molecule has 28 heavy (non-hydrogen) atoms. The van der Waals surface area contributed by atoms with E-state index in [0.717, 1.165) is 16.8 Å². The van der Waals surface area contributed by atoms with E-state index >= 15 is 0 Å². The quantitative estimate of drug-likeness (QED) is 0.711. The lowest BCUT2D eigenvalue weighted by Crippen LogP contribution is -2.35. The van der Waals surface area contributed by atoms with E-state index in [-0.39, 0.29) is 31.3 Å². The third kappa shape index (κ3) is 4.14. The van der Waals surface area contributed by atoms with Crippen LogP contribution < -0.4 is 11.1 Å². The molecule has 0 aliphatic rings. The van der Waals surface area contributed by atoms with Gasteiger partial charge in [-0.15, -0.1) is 0 Å². The van der Waals surface area contributed by atoms with Crippen molar-refractivity contribution in [2.45, 2.75) is 26.8 Å². The lowest BCUT2D eigenvalue weighted by atomic mass is 10.1. The Morgan fingerprint density at radius 1 is 1.07 bits per heavy atom. The van der Waals surface area contributed by atoms with Crippen LogP contribution in [0.25, 0.3) is 11.1 Å². The summed E-state index contributed by atoms with van der Waals surface area (Å²) >= 11 is 0. The van der Waals surface area contributed by atoms with Crippen molar-refractivity contribution in [2.75, 3.05) is 18.9 Å². The number of benzene rings is 2. The summed E-state index contributed by atoms with van der Waals surface area (Å²) in [6, 6.07) is 12.8. The van der Waals surface area contributed by atoms with Crippen LogP contribution >= 0.6 is 0 Å². The maximum absolute atomic E-state index is 12.4. The Balaban J connectivity index is 1.59. The minimum atomic E-state index is -0.496. The second kappa shape index (κ2) is 8.12.